The van der Waals surface area contributed by atoms with E-state index in [-0.39, 0.29) is 11.9 Å². The van der Waals surface area contributed by atoms with E-state index in [1.54, 1.807) is 6.07 Å². The minimum Gasteiger partial charge on any atom is -0.397 e. The molecule has 2 N–H and O–H groups in total. The van der Waals surface area contributed by atoms with Crippen LogP contribution in [-0.4, -0.2) is 26.3 Å². The first-order chi connectivity index (χ1) is 7.91. The molecule has 1 aromatic rings. The fourth-order valence-corrected chi connectivity index (χ4v) is 1.92. The number of rotatable bonds is 5. The Morgan fingerprint density at radius 3 is 2.71 bits per heavy atom. The highest BCUT2D eigenvalue weighted by Gasteiger charge is 2.10. The van der Waals surface area contributed by atoms with Crippen molar-refractivity contribution in [1.29, 1.82) is 0 Å². The summed E-state index contributed by atoms with van der Waals surface area (Å²) in [7, 11) is 1.88. The third kappa shape index (κ3) is 4.31. The van der Waals surface area contributed by atoms with Gasteiger partial charge >= 0.3 is 0 Å². The molecule has 0 fully saturated rings. The molecule has 0 saturated carbocycles. The highest BCUT2D eigenvalue weighted by molar-refractivity contribution is 14.1. The number of likely N-dealkylation sites (N-methyl/N-ethyl adjacent to an activating group) is 1. The van der Waals surface area contributed by atoms with Gasteiger partial charge in [-0.3, -0.25) is 0 Å². The van der Waals surface area contributed by atoms with Crippen LogP contribution >= 0.6 is 22.6 Å². The first kappa shape index (κ1) is 14.5. The Balaban J connectivity index is 2.68. The fourth-order valence-electron chi connectivity index (χ4n) is 1.43. The zero-order valence-electron chi connectivity index (χ0n) is 10.3. The molecular weight excluding hydrogens is 334 g/mol. The van der Waals surface area contributed by atoms with Crippen molar-refractivity contribution in [2.24, 2.45) is 0 Å². The van der Waals surface area contributed by atoms with Gasteiger partial charge in [0.1, 0.15) is 5.82 Å². The molecule has 0 aliphatic heterocycles. The molecule has 0 saturated heterocycles. The van der Waals surface area contributed by atoms with E-state index in [4.69, 9.17) is 10.5 Å². The van der Waals surface area contributed by atoms with Crippen LogP contribution in [0.15, 0.2) is 12.1 Å². The van der Waals surface area contributed by atoms with Gasteiger partial charge < -0.3 is 15.4 Å². The molecule has 0 unspecified atom stereocenters. The molecular formula is C12H18FIN2O. The molecule has 96 valence electrons. The molecule has 0 heterocycles. The Morgan fingerprint density at radius 2 is 2.12 bits per heavy atom. The monoisotopic (exact) mass is 352 g/mol. The first-order valence-electron chi connectivity index (χ1n) is 5.49. The van der Waals surface area contributed by atoms with Crippen LogP contribution < -0.4 is 10.6 Å². The second-order valence-electron chi connectivity index (χ2n) is 4.17. The van der Waals surface area contributed by atoms with Gasteiger partial charge in [0, 0.05) is 19.7 Å². The maximum absolute atomic E-state index is 13.4. The van der Waals surface area contributed by atoms with Crippen molar-refractivity contribution >= 4 is 34.0 Å². The summed E-state index contributed by atoms with van der Waals surface area (Å²) in [5.74, 6) is -0.244. The summed E-state index contributed by atoms with van der Waals surface area (Å²) in [4.78, 5) is 1.90. The van der Waals surface area contributed by atoms with E-state index < -0.39 is 0 Å². The van der Waals surface area contributed by atoms with Gasteiger partial charge in [-0.25, -0.2) is 4.39 Å². The van der Waals surface area contributed by atoms with Gasteiger partial charge in [0.05, 0.1) is 27.7 Å². The number of ether oxygens (including phenoxy) is 1. The van der Waals surface area contributed by atoms with Gasteiger partial charge in [0.15, 0.2) is 0 Å². The first-order valence-corrected chi connectivity index (χ1v) is 6.57. The van der Waals surface area contributed by atoms with Gasteiger partial charge in [0.25, 0.3) is 0 Å². The lowest BCUT2D eigenvalue weighted by atomic mass is 10.2. The normalized spacial score (nSPS) is 10.9. The Labute approximate surface area is 115 Å². The van der Waals surface area contributed by atoms with Crippen LogP contribution in [0.3, 0.4) is 0 Å². The second kappa shape index (κ2) is 6.39. The number of nitrogens with two attached hydrogens (primary N) is 1. The average Bonchev–Trinajstić information content (AvgIpc) is 2.22. The van der Waals surface area contributed by atoms with E-state index in [1.807, 2.05) is 48.4 Å². The lowest BCUT2D eigenvalue weighted by Gasteiger charge is -2.22. The van der Waals surface area contributed by atoms with Crippen LogP contribution in [0.4, 0.5) is 15.8 Å². The van der Waals surface area contributed by atoms with Crippen LogP contribution in [-0.2, 0) is 4.74 Å². The second-order valence-corrected chi connectivity index (χ2v) is 5.33. The fraction of sp³-hybridized carbons (Fsp3) is 0.500. The predicted octanol–water partition coefficient (Wildman–Crippen LogP) is 2.87. The molecule has 0 aliphatic rings. The topological polar surface area (TPSA) is 38.5 Å². The molecule has 0 radical (unpaired) electrons. The lowest BCUT2D eigenvalue weighted by Crippen LogP contribution is -2.25. The third-order valence-corrected chi connectivity index (χ3v) is 3.19. The smallest absolute Gasteiger partial charge is 0.138 e. The summed E-state index contributed by atoms with van der Waals surface area (Å²) in [6.07, 6.45) is 0.203. The largest absolute Gasteiger partial charge is 0.397 e. The van der Waals surface area contributed by atoms with Crippen LogP contribution in [0.25, 0.3) is 0 Å². The van der Waals surface area contributed by atoms with Gasteiger partial charge in [-0.15, -0.1) is 0 Å². The predicted molar refractivity (Wildman–Crippen MR) is 77.9 cm³/mol. The standard InChI is InChI=1S/C12H18FIN2O/c1-8(2)17-5-4-16(3)12-6-9(13)10(14)7-11(12)15/h6-8H,4-5,15H2,1-3H3. The van der Waals surface area contributed by atoms with Crippen molar-refractivity contribution in [2.75, 3.05) is 30.8 Å². The molecule has 0 spiro atoms. The molecule has 1 rings (SSSR count). The minimum absolute atomic E-state index is 0.203. The Bertz CT molecular complexity index is 385. The zero-order chi connectivity index (χ0) is 13.0. The van der Waals surface area contributed by atoms with Gasteiger partial charge in [-0.1, -0.05) is 0 Å². The molecule has 17 heavy (non-hydrogen) atoms. The number of benzene rings is 1. The van der Waals surface area contributed by atoms with Crippen molar-refractivity contribution in [3.05, 3.63) is 21.5 Å². The van der Waals surface area contributed by atoms with Gasteiger partial charge in [-0.05, 0) is 42.5 Å². The third-order valence-electron chi connectivity index (χ3n) is 2.36. The highest BCUT2D eigenvalue weighted by atomic mass is 127. The summed E-state index contributed by atoms with van der Waals surface area (Å²) in [6, 6.07) is 3.11. The number of anilines is 2. The van der Waals surface area contributed by atoms with Crippen LogP contribution in [0.5, 0.6) is 0 Å². The quantitative estimate of drug-likeness (QED) is 0.654. The maximum atomic E-state index is 13.4. The zero-order valence-corrected chi connectivity index (χ0v) is 12.5. The van der Waals surface area contributed by atoms with Crippen molar-refractivity contribution in [3.8, 4) is 0 Å². The van der Waals surface area contributed by atoms with Gasteiger partial charge in [0.2, 0.25) is 0 Å². The summed E-state index contributed by atoms with van der Waals surface area (Å²) in [5.41, 5.74) is 7.16. The Hall–Kier alpha value is -0.560. The maximum Gasteiger partial charge on any atom is 0.138 e. The molecule has 0 aromatic heterocycles. The molecule has 1 aromatic carbocycles. The summed E-state index contributed by atoms with van der Waals surface area (Å²) in [6.45, 7) is 5.25. The van der Waals surface area contributed by atoms with Crippen molar-refractivity contribution in [3.63, 3.8) is 0 Å². The van der Waals surface area contributed by atoms with Crippen LogP contribution in [0, 0.1) is 9.39 Å². The van der Waals surface area contributed by atoms with Crippen LogP contribution in [0.1, 0.15) is 13.8 Å². The van der Waals surface area contributed by atoms with E-state index in [9.17, 15) is 4.39 Å². The van der Waals surface area contributed by atoms with E-state index in [0.717, 1.165) is 0 Å². The van der Waals surface area contributed by atoms with Crippen LogP contribution in [0.2, 0.25) is 0 Å². The SMILES string of the molecule is CC(C)OCCN(C)c1cc(F)c(I)cc1N. The van der Waals surface area contributed by atoms with E-state index in [2.05, 4.69) is 0 Å². The average molecular weight is 352 g/mol. The summed E-state index contributed by atoms with van der Waals surface area (Å²) in [5, 5.41) is 0. The molecule has 0 amide bonds. The number of hydrogen-bond acceptors (Lipinski definition) is 3. The molecule has 0 atom stereocenters. The molecule has 0 bridgehead atoms. The molecule has 3 nitrogen and oxygen atoms in total. The van der Waals surface area contributed by atoms with E-state index in [0.29, 0.717) is 28.1 Å². The number of nitrogens with zero attached hydrogens (tertiary/aromatic N) is 1. The summed E-state index contributed by atoms with van der Waals surface area (Å²) >= 11 is 1.93. The Kier molecular flexibility index (Phi) is 5.45. The summed E-state index contributed by atoms with van der Waals surface area (Å²) < 4.78 is 19.4. The van der Waals surface area contributed by atoms with E-state index in [1.165, 1.54) is 6.07 Å². The molecule has 5 heteroatoms. The highest BCUT2D eigenvalue weighted by Crippen LogP contribution is 2.26. The van der Waals surface area contributed by atoms with Gasteiger partial charge in [-0.2, -0.15) is 0 Å². The Morgan fingerprint density at radius 1 is 1.47 bits per heavy atom. The minimum atomic E-state index is -0.244. The van der Waals surface area contributed by atoms with Crippen molar-refractivity contribution in [1.82, 2.24) is 0 Å². The lowest BCUT2D eigenvalue weighted by molar-refractivity contribution is 0.0846. The molecule has 0 aliphatic carbocycles. The van der Waals surface area contributed by atoms with Crippen molar-refractivity contribution in [2.45, 2.75) is 20.0 Å². The van der Waals surface area contributed by atoms with E-state index >= 15 is 0 Å². The van der Waals surface area contributed by atoms with Crippen molar-refractivity contribution < 1.29 is 9.13 Å². The number of nitrogen functional groups attached to an aromatic ring is 1. The number of hydrogen-bond donors (Lipinski definition) is 1. The number of halogens is 2.